The van der Waals surface area contributed by atoms with Crippen molar-refractivity contribution in [2.45, 2.75) is 38.5 Å². The fourth-order valence-electron chi connectivity index (χ4n) is 2.58. The summed E-state index contributed by atoms with van der Waals surface area (Å²) in [6, 6.07) is 10.1. The summed E-state index contributed by atoms with van der Waals surface area (Å²) in [6.45, 7) is 7.15. The molecule has 0 saturated carbocycles. The van der Waals surface area contributed by atoms with Crippen molar-refractivity contribution in [2.75, 3.05) is 6.61 Å². The molecule has 110 valence electrons. The first-order chi connectivity index (χ1) is 9.93. The Morgan fingerprint density at radius 1 is 1.29 bits per heavy atom. The standard InChI is InChI=1S/C17H20N2OS/c1-17(2,3)14-9-15(21)19-16(18-14)12-8-11-6-4-5-7-13(11)20-10-12/h4-7,9,12H,8,10H2,1-3H3,(H,18,19,21). The molecule has 2 heterocycles. The number of rotatable bonds is 1. The van der Waals surface area contributed by atoms with Crippen molar-refractivity contribution in [3.05, 3.63) is 52.1 Å². The highest BCUT2D eigenvalue weighted by Crippen LogP contribution is 2.31. The third kappa shape index (κ3) is 3.00. The molecule has 1 aromatic carbocycles. The molecule has 1 aliphatic heterocycles. The second-order valence-electron chi connectivity index (χ2n) is 6.59. The number of hydrogen-bond donors (Lipinski definition) is 1. The van der Waals surface area contributed by atoms with E-state index in [-0.39, 0.29) is 11.3 Å². The van der Waals surface area contributed by atoms with Crippen molar-refractivity contribution in [3.8, 4) is 5.75 Å². The van der Waals surface area contributed by atoms with Crippen molar-refractivity contribution < 1.29 is 4.74 Å². The van der Waals surface area contributed by atoms with Gasteiger partial charge in [0, 0.05) is 11.1 Å². The average molecular weight is 300 g/mol. The molecular weight excluding hydrogens is 280 g/mol. The van der Waals surface area contributed by atoms with Crippen LogP contribution in [0.1, 0.15) is 43.8 Å². The van der Waals surface area contributed by atoms with Crippen LogP contribution in [0.2, 0.25) is 0 Å². The number of benzene rings is 1. The van der Waals surface area contributed by atoms with Gasteiger partial charge in [-0.15, -0.1) is 0 Å². The number of nitrogens with one attached hydrogen (secondary N) is 1. The molecule has 0 amide bonds. The van der Waals surface area contributed by atoms with Gasteiger partial charge in [-0.05, 0) is 24.1 Å². The molecule has 1 N–H and O–H groups in total. The van der Waals surface area contributed by atoms with E-state index in [1.54, 1.807) is 0 Å². The molecule has 0 radical (unpaired) electrons. The molecule has 0 aliphatic carbocycles. The number of para-hydroxylation sites is 1. The molecule has 0 saturated heterocycles. The molecule has 0 fully saturated rings. The monoisotopic (exact) mass is 300 g/mol. The van der Waals surface area contributed by atoms with E-state index in [1.165, 1.54) is 5.56 Å². The van der Waals surface area contributed by atoms with Crippen LogP contribution in [0.4, 0.5) is 0 Å². The minimum Gasteiger partial charge on any atom is -0.493 e. The van der Waals surface area contributed by atoms with Gasteiger partial charge in [0.05, 0.1) is 12.5 Å². The number of nitrogens with zero attached hydrogens (tertiary/aromatic N) is 1. The lowest BCUT2D eigenvalue weighted by molar-refractivity contribution is 0.257. The van der Waals surface area contributed by atoms with Gasteiger partial charge in [0.1, 0.15) is 16.2 Å². The maximum Gasteiger partial charge on any atom is 0.130 e. The Bertz CT molecular complexity index is 715. The molecule has 0 spiro atoms. The highest BCUT2D eigenvalue weighted by atomic mass is 32.1. The fourth-order valence-corrected chi connectivity index (χ4v) is 2.79. The Kier molecular flexibility index (Phi) is 3.57. The summed E-state index contributed by atoms with van der Waals surface area (Å²) in [6.07, 6.45) is 0.933. The SMILES string of the molecule is CC(C)(C)c1cc(=S)nc(C2COc3ccccc3C2)[nH]1. The molecule has 4 heteroatoms. The molecule has 1 unspecified atom stereocenters. The van der Waals surface area contributed by atoms with Crippen LogP contribution in [0.3, 0.4) is 0 Å². The van der Waals surface area contributed by atoms with Gasteiger partial charge in [-0.2, -0.15) is 0 Å². The molecule has 2 aromatic rings. The second-order valence-corrected chi connectivity index (χ2v) is 7.01. The Morgan fingerprint density at radius 3 is 2.81 bits per heavy atom. The number of aromatic nitrogens is 2. The van der Waals surface area contributed by atoms with Crippen LogP contribution in [0.5, 0.6) is 5.75 Å². The van der Waals surface area contributed by atoms with Crippen LogP contribution in [-0.2, 0) is 11.8 Å². The summed E-state index contributed by atoms with van der Waals surface area (Å²) in [5.41, 5.74) is 2.38. The van der Waals surface area contributed by atoms with Gasteiger partial charge < -0.3 is 9.72 Å². The summed E-state index contributed by atoms with van der Waals surface area (Å²) in [5.74, 6) is 2.14. The molecule has 21 heavy (non-hydrogen) atoms. The topological polar surface area (TPSA) is 37.9 Å². The summed E-state index contributed by atoms with van der Waals surface area (Å²) >= 11 is 5.33. The van der Waals surface area contributed by atoms with Crippen LogP contribution in [0.15, 0.2) is 30.3 Å². The highest BCUT2D eigenvalue weighted by molar-refractivity contribution is 7.71. The molecule has 1 aromatic heterocycles. The molecular formula is C17H20N2OS. The van der Waals surface area contributed by atoms with Crippen LogP contribution >= 0.6 is 12.2 Å². The summed E-state index contributed by atoms with van der Waals surface area (Å²) in [4.78, 5) is 7.99. The first-order valence-electron chi connectivity index (χ1n) is 7.26. The molecule has 0 bridgehead atoms. The number of ether oxygens (including phenoxy) is 1. The van der Waals surface area contributed by atoms with Crippen LogP contribution in [0.25, 0.3) is 0 Å². The minimum atomic E-state index is 0.0265. The maximum atomic E-state index is 5.86. The van der Waals surface area contributed by atoms with Crippen LogP contribution in [0, 0.1) is 4.64 Å². The Morgan fingerprint density at radius 2 is 2.05 bits per heavy atom. The number of hydrogen-bond acceptors (Lipinski definition) is 3. The zero-order valence-electron chi connectivity index (χ0n) is 12.6. The van der Waals surface area contributed by atoms with E-state index in [0.29, 0.717) is 11.2 Å². The van der Waals surface area contributed by atoms with Crippen molar-refractivity contribution in [2.24, 2.45) is 0 Å². The Hall–Kier alpha value is -1.68. The van der Waals surface area contributed by atoms with Crippen molar-refractivity contribution in [3.63, 3.8) is 0 Å². The number of aromatic amines is 1. The fraction of sp³-hybridized carbons (Fsp3) is 0.412. The van der Waals surface area contributed by atoms with Crippen molar-refractivity contribution >= 4 is 12.2 Å². The zero-order valence-corrected chi connectivity index (χ0v) is 13.5. The van der Waals surface area contributed by atoms with E-state index in [9.17, 15) is 0 Å². The van der Waals surface area contributed by atoms with Gasteiger partial charge in [-0.25, -0.2) is 4.98 Å². The molecule has 3 rings (SSSR count). The number of fused-ring (bicyclic) bond motifs is 1. The molecule has 1 atom stereocenters. The Balaban J connectivity index is 1.95. The van der Waals surface area contributed by atoms with Crippen molar-refractivity contribution in [1.29, 1.82) is 0 Å². The average Bonchev–Trinajstić information content (AvgIpc) is 2.45. The van der Waals surface area contributed by atoms with Gasteiger partial charge in [0.2, 0.25) is 0 Å². The van der Waals surface area contributed by atoms with E-state index in [1.807, 2.05) is 24.3 Å². The van der Waals surface area contributed by atoms with E-state index in [4.69, 9.17) is 17.0 Å². The van der Waals surface area contributed by atoms with E-state index < -0.39 is 0 Å². The van der Waals surface area contributed by atoms with Gasteiger partial charge in [-0.1, -0.05) is 51.2 Å². The van der Waals surface area contributed by atoms with E-state index in [0.717, 1.165) is 23.7 Å². The zero-order chi connectivity index (χ0) is 15.0. The lowest BCUT2D eigenvalue weighted by Crippen LogP contribution is -2.23. The van der Waals surface area contributed by atoms with Gasteiger partial charge in [0.15, 0.2) is 0 Å². The predicted molar refractivity (Wildman–Crippen MR) is 86.5 cm³/mol. The van der Waals surface area contributed by atoms with Crippen LogP contribution in [-0.4, -0.2) is 16.6 Å². The second kappa shape index (κ2) is 5.26. The van der Waals surface area contributed by atoms with Gasteiger partial charge in [0.25, 0.3) is 0 Å². The van der Waals surface area contributed by atoms with Crippen LogP contribution < -0.4 is 4.74 Å². The largest absolute Gasteiger partial charge is 0.493 e. The van der Waals surface area contributed by atoms with E-state index in [2.05, 4.69) is 36.8 Å². The first kappa shape index (κ1) is 14.3. The van der Waals surface area contributed by atoms with E-state index >= 15 is 0 Å². The minimum absolute atomic E-state index is 0.0265. The molecule has 3 nitrogen and oxygen atoms in total. The van der Waals surface area contributed by atoms with Crippen molar-refractivity contribution in [1.82, 2.24) is 9.97 Å². The maximum absolute atomic E-state index is 5.86. The Labute approximate surface area is 130 Å². The third-order valence-corrected chi connectivity index (χ3v) is 4.04. The smallest absolute Gasteiger partial charge is 0.130 e. The summed E-state index contributed by atoms with van der Waals surface area (Å²) < 4.78 is 6.51. The molecule has 1 aliphatic rings. The lowest BCUT2D eigenvalue weighted by Gasteiger charge is -2.26. The van der Waals surface area contributed by atoms with Gasteiger partial charge in [-0.3, -0.25) is 0 Å². The summed E-state index contributed by atoms with van der Waals surface area (Å²) in [5, 5.41) is 0. The highest BCUT2D eigenvalue weighted by Gasteiger charge is 2.24. The third-order valence-electron chi connectivity index (χ3n) is 3.83. The normalized spacial score (nSPS) is 18.0. The summed E-state index contributed by atoms with van der Waals surface area (Å²) in [7, 11) is 0. The predicted octanol–water partition coefficient (Wildman–Crippen LogP) is 4.16. The number of H-pyrrole nitrogens is 1. The quantitative estimate of drug-likeness (QED) is 0.804. The first-order valence-corrected chi connectivity index (χ1v) is 7.67. The van der Waals surface area contributed by atoms with Gasteiger partial charge >= 0.3 is 0 Å². The lowest BCUT2D eigenvalue weighted by atomic mass is 9.91.